The van der Waals surface area contributed by atoms with Gasteiger partial charge in [-0.25, -0.2) is 0 Å². The number of aliphatic hydroxyl groups is 4. The zero-order chi connectivity index (χ0) is 27.6. The Balaban J connectivity index is 1.89. The lowest BCUT2D eigenvalue weighted by Crippen LogP contribution is -2.62. The number of methoxy groups -OCH3 is 3. The van der Waals surface area contributed by atoms with Crippen molar-refractivity contribution in [1.82, 2.24) is 5.32 Å². The van der Waals surface area contributed by atoms with Crippen LogP contribution in [-0.4, -0.2) is 84.8 Å². The Bertz CT molecular complexity index is 1210. The van der Waals surface area contributed by atoms with Crippen molar-refractivity contribution in [3.63, 3.8) is 0 Å². The Morgan fingerprint density at radius 3 is 2.39 bits per heavy atom. The highest BCUT2D eigenvalue weighted by molar-refractivity contribution is 7.99. The monoisotopic (exact) mass is 549 g/mol. The van der Waals surface area contributed by atoms with E-state index in [2.05, 4.69) is 5.32 Å². The zero-order valence-corrected chi connectivity index (χ0v) is 22.7. The van der Waals surface area contributed by atoms with Crippen molar-refractivity contribution in [3.05, 3.63) is 45.6 Å². The molecule has 6 atom stereocenters. The molecule has 10 nitrogen and oxygen atoms in total. The standard InChI is InChI=1S/C27H35NO9S/c1-5-38-20-9-7-14-15(11-17(20)30)16(28-27-24(33)23(32)22(31)19(12-29)37-27)8-6-13-10-18(34-2)25(35-3)26(36-4)21(13)14/h7,9-11,16,19,22-24,27-29,31-33H,5-6,8,12H2,1-4H3/t16-,19+,22-,23-,24-,27+/m1/s1. The van der Waals surface area contributed by atoms with Gasteiger partial charge in [-0.2, -0.15) is 0 Å². The second-order valence-corrected chi connectivity index (χ2v) is 10.5. The van der Waals surface area contributed by atoms with Crippen molar-refractivity contribution in [2.75, 3.05) is 33.7 Å². The van der Waals surface area contributed by atoms with Crippen LogP contribution in [0.2, 0.25) is 0 Å². The number of hydrogen-bond donors (Lipinski definition) is 5. The van der Waals surface area contributed by atoms with Gasteiger partial charge in [0.05, 0.1) is 32.8 Å². The summed E-state index contributed by atoms with van der Waals surface area (Å²) in [7, 11) is 4.63. The van der Waals surface area contributed by atoms with Crippen LogP contribution >= 0.6 is 11.8 Å². The number of aliphatic hydroxyl groups excluding tert-OH is 4. The fourth-order valence-corrected chi connectivity index (χ4v) is 5.86. The number of hydrogen-bond acceptors (Lipinski definition) is 11. The van der Waals surface area contributed by atoms with Gasteiger partial charge in [0, 0.05) is 11.6 Å². The summed E-state index contributed by atoms with van der Waals surface area (Å²) >= 11 is 1.44. The number of fused-ring (bicyclic) bond motifs is 3. The predicted octanol–water partition coefficient (Wildman–Crippen LogP) is 1.23. The molecule has 1 aliphatic heterocycles. The van der Waals surface area contributed by atoms with Crippen LogP contribution in [0.4, 0.5) is 0 Å². The molecule has 0 saturated carbocycles. The van der Waals surface area contributed by atoms with Crippen molar-refractivity contribution in [2.45, 2.75) is 61.3 Å². The van der Waals surface area contributed by atoms with Gasteiger partial charge >= 0.3 is 0 Å². The SMILES string of the molecule is CCSc1ccc2c(cc1=O)[C@H](N[C@H]1O[C@@H](CO)[C@@H](O)[C@@H](O)[C@H]1O)CCc1cc(OC)c(OC)c(OC)c1-2. The molecule has 0 unspecified atom stereocenters. The Morgan fingerprint density at radius 2 is 1.76 bits per heavy atom. The summed E-state index contributed by atoms with van der Waals surface area (Å²) in [5.41, 5.74) is 2.92. The molecule has 4 rings (SSSR count). The molecule has 5 N–H and O–H groups in total. The number of aryl methyl sites for hydroxylation is 1. The number of rotatable bonds is 8. The largest absolute Gasteiger partial charge is 0.493 e. The number of thioether (sulfide) groups is 1. The van der Waals surface area contributed by atoms with Crippen LogP contribution in [-0.2, 0) is 11.2 Å². The second-order valence-electron chi connectivity index (χ2n) is 9.20. The minimum atomic E-state index is -1.52. The van der Waals surface area contributed by atoms with Crippen molar-refractivity contribution in [1.29, 1.82) is 0 Å². The molecule has 0 radical (unpaired) electrons. The van der Waals surface area contributed by atoms with Crippen LogP contribution in [0.1, 0.15) is 30.5 Å². The van der Waals surface area contributed by atoms with E-state index in [0.29, 0.717) is 40.5 Å². The zero-order valence-electron chi connectivity index (χ0n) is 21.8. The molecule has 38 heavy (non-hydrogen) atoms. The van der Waals surface area contributed by atoms with Crippen LogP contribution in [0.25, 0.3) is 11.1 Å². The molecule has 11 heteroatoms. The van der Waals surface area contributed by atoms with Crippen molar-refractivity contribution in [2.24, 2.45) is 0 Å². The average molecular weight is 550 g/mol. The Labute approximate surface area is 225 Å². The number of benzene rings is 1. The summed E-state index contributed by atoms with van der Waals surface area (Å²) in [5.74, 6) is 2.13. The molecule has 2 aromatic rings. The molecule has 1 fully saturated rings. The van der Waals surface area contributed by atoms with Crippen LogP contribution in [0.5, 0.6) is 17.2 Å². The Kier molecular flexibility index (Phi) is 9.19. The molecular weight excluding hydrogens is 514 g/mol. The third kappa shape index (κ3) is 5.24. The molecular formula is C27H35NO9S. The highest BCUT2D eigenvalue weighted by Gasteiger charge is 2.44. The van der Waals surface area contributed by atoms with Crippen LogP contribution in [0.3, 0.4) is 0 Å². The summed E-state index contributed by atoms with van der Waals surface area (Å²) in [5, 5.41) is 44.1. The van der Waals surface area contributed by atoms with E-state index in [1.807, 2.05) is 19.1 Å². The third-order valence-corrected chi connectivity index (χ3v) is 8.00. The van der Waals surface area contributed by atoms with Crippen molar-refractivity contribution >= 4 is 11.8 Å². The first-order valence-electron chi connectivity index (χ1n) is 12.5. The lowest BCUT2D eigenvalue weighted by molar-refractivity contribution is -0.238. The molecule has 1 aliphatic carbocycles. The molecule has 1 saturated heterocycles. The smallest absolute Gasteiger partial charge is 0.203 e. The quantitative estimate of drug-likeness (QED) is 0.303. The van der Waals surface area contributed by atoms with E-state index in [1.165, 1.54) is 18.9 Å². The summed E-state index contributed by atoms with van der Waals surface area (Å²) in [6, 6.07) is 6.66. The van der Waals surface area contributed by atoms with Crippen molar-refractivity contribution < 1.29 is 39.4 Å². The maximum absolute atomic E-state index is 13.3. The molecule has 0 aromatic heterocycles. The third-order valence-electron chi connectivity index (χ3n) is 7.06. The first-order valence-corrected chi connectivity index (χ1v) is 13.5. The Morgan fingerprint density at radius 1 is 1.03 bits per heavy atom. The summed E-state index contributed by atoms with van der Waals surface area (Å²) in [6.07, 6.45) is -5.59. The normalized spacial score (nSPS) is 26.6. The van der Waals surface area contributed by atoms with E-state index in [9.17, 15) is 25.2 Å². The number of ether oxygens (including phenoxy) is 4. The van der Waals surface area contributed by atoms with Gasteiger partial charge < -0.3 is 39.4 Å². The minimum absolute atomic E-state index is 0.151. The molecule has 0 spiro atoms. The highest BCUT2D eigenvalue weighted by atomic mass is 32.2. The van der Waals surface area contributed by atoms with E-state index >= 15 is 0 Å². The molecule has 1 heterocycles. The van der Waals surface area contributed by atoms with Gasteiger partial charge in [0.1, 0.15) is 30.6 Å². The Hall–Kier alpha value is -2.38. The van der Waals surface area contributed by atoms with Gasteiger partial charge in [-0.05, 0) is 53.5 Å². The summed E-state index contributed by atoms with van der Waals surface area (Å²) in [4.78, 5) is 13.9. The van der Waals surface area contributed by atoms with Gasteiger partial charge in [0.15, 0.2) is 16.9 Å². The van der Waals surface area contributed by atoms with Gasteiger partial charge in [-0.1, -0.05) is 13.0 Å². The van der Waals surface area contributed by atoms with Crippen LogP contribution in [0, 0.1) is 0 Å². The molecule has 2 aromatic carbocycles. The maximum atomic E-state index is 13.3. The lowest BCUT2D eigenvalue weighted by Gasteiger charge is -2.41. The highest BCUT2D eigenvalue weighted by Crippen LogP contribution is 2.50. The van der Waals surface area contributed by atoms with Crippen molar-refractivity contribution in [3.8, 4) is 28.4 Å². The van der Waals surface area contributed by atoms with Gasteiger partial charge in [-0.15, -0.1) is 11.8 Å². The first kappa shape index (κ1) is 28.6. The molecule has 208 valence electrons. The van der Waals surface area contributed by atoms with E-state index in [4.69, 9.17) is 18.9 Å². The van der Waals surface area contributed by atoms with E-state index in [0.717, 1.165) is 22.4 Å². The molecule has 0 bridgehead atoms. The summed E-state index contributed by atoms with van der Waals surface area (Å²) < 4.78 is 22.8. The molecule has 2 aliphatic rings. The maximum Gasteiger partial charge on any atom is 0.203 e. The second kappa shape index (κ2) is 12.2. The minimum Gasteiger partial charge on any atom is -0.493 e. The lowest BCUT2D eigenvalue weighted by atomic mass is 9.94. The predicted molar refractivity (Wildman–Crippen MR) is 142 cm³/mol. The van der Waals surface area contributed by atoms with E-state index < -0.39 is 43.3 Å². The average Bonchev–Trinajstić information content (AvgIpc) is 3.16. The fourth-order valence-electron chi connectivity index (χ4n) is 5.18. The fraction of sp³-hybridized carbons (Fsp3) is 0.519. The van der Waals surface area contributed by atoms with Crippen LogP contribution < -0.4 is 25.0 Å². The van der Waals surface area contributed by atoms with Gasteiger partial charge in [-0.3, -0.25) is 10.1 Å². The van der Waals surface area contributed by atoms with Gasteiger partial charge in [0.25, 0.3) is 0 Å². The van der Waals surface area contributed by atoms with E-state index in [-0.39, 0.29) is 5.43 Å². The summed E-state index contributed by atoms with van der Waals surface area (Å²) in [6.45, 7) is 1.44. The number of nitrogens with one attached hydrogen (secondary N) is 1. The first-order chi connectivity index (χ1) is 18.3. The molecule has 0 amide bonds. The van der Waals surface area contributed by atoms with Crippen LogP contribution in [0.15, 0.2) is 34.0 Å². The van der Waals surface area contributed by atoms with Gasteiger partial charge in [0.2, 0.25) is 5.75 Å². The topological polar surface area (TPSA) is 147 Å². The van der Waals surface area contributed by atoms with E-state index in [1.54, 1.807) is 26.4 Å².